The summed E-state index contributed by atoms with van der Waals surface area (Å²) in [7, 11) is 0. The van der Waals surface area contributed by atoms with Gasteiger partial charge in [-0.1, -0.05) is 41.4 Å². The summed E-state index contributed by atoms with van der Waals surface area (Å²) in [5.74, 6) is 0.341. The number of carbonyl (C=O) groups is 1. The fraction of sp³-hybridized carbons (Fsp3) is 0.130. The number of nitrogens with one attached hydrogen (secondary N) is 1. The lowest BCUT2D eigenvalue weighted by molar-refractivity contribution is -0.118. The van der Waals surface area contributed by atoms with Crippen LogP contribution >= 0.6 is 34.5 Å². The highest BCUT2D eigenvalue weighted by atomic mass is 35.5. The van der Waals surface area contributed by atoms with Crippen molar-refractivity contribution in [3.63, 3.8) is 0 Å². The molecule has 0 spiro atoms. The molecule has 152 valence electrons. The van der Waals surface area contributed by atoms with Crippen LogP contribution in [0.1, 0.15) is 11.1 Å². The zero-order chi connectivity index (χ0) is 21.3. The van der Waals surface area contributed by atoms with Crippen LogP contribution in [0.2, 0.25) is 10.0 Å². The summed E-state index contributed by atoms with van der Waals surface area (Å²) < 4.78 is 6.69. The van der Waals surface area contributed by atoms with Gasteiger partial charge in [-0.2, -0.15) is 0 Å². The van der Waals surface area contributed by atoms with E-state index in [1.807, 2.05) is 56.3 Å². The van der Waals surface area contributed by atoms with Crippen molar-refractivity contribution in [1.82, 2.24) is 4.98 Å². The van der Waals surface area contributed by atoms with E-state index in [4.69, 9.17) is 27.9 Å². The minimum atomic E-state index is -0.311. The highest BCUT2D eigenvalue weighted by Crippen LogP contribution is 2.38. The lowest BCUT2D eigenvalue weighted by atomic mass is 10.1. The maximum atomic E-state index is 12.4. The van der Waals surface area contributed by atoms with Crippen molar-refractivity contribution >= 4 is 56.3 Å². The van der Waals surface area contributed by atoms with Crippen molar-refractivity contribution < 1.29 is 9.53 Å². The SMILES string of the molecule is Cc1cc(C)cc(OCC(=O)Nc2cc(-c3nc4ccccc4s3)c(Cl)cc2Cl)c1. The second-order valence-electron chi connectivity index (χ2n) is 6.96. The van der Waals surface area contributed by atoms with Gasteiger partial charge in [0.1, 0.15) is 10.8 Å². The Balaban J connectivity index is 1.53. The lowest BCUT2D eigenvalue weighted by Crippen LogP contribution is -2.20. The minimum Gasteiger partial charge on any atom is -0.484 e. The Bertz CT molecular complexity index is 1200. The third-order valence-electron chi connectivity index (χ3n) is 4.42. The molecule has 1 N–H and O–H groups in total. The van der Waals surface area contributed by atoms with Crippen LogP contribution in [0.3, 0.4) is 0 Å². The average Bonchev–Trinajstić information content (AvgIpc) is 3.11. The number of benzene rings is 3. The first-order valence-electron chi connectivity index (χ1n) is 9.25. The maximum absolute atomic E-state index is 12.4. The summed E-state index contributed by atoms with van der Waals surface area (Å²) in [5.41, 5.74) is 4.23. The van der Waals surface area contributed by atoms with Gasteiger partial charge in [0.05, 0.1) is 25.9 Å². The van der Waals surface area contributed by atoms with E-state index in [-0.39, 0.29) is 12.5 Å². The molecule has 7 heteroatoms. The molecule has 0 fully saturated rings. The van der Waals surface area contributed by atoms with Crippen molar-refractivity contribution in [2.75, 3.05) is 11.9 Å². The monoisotopic (exact) mass is 456 g/mol. The molecule has 30 heavy (non-hydrogen) atoms. The number of hydrogen-bond acceptors (Lipinski definition) is 4. The van der Waals surface area contributed by atoms with E-state index in [9.17, 15) is 4.79 Å². The van der Waals surface area contributed by atoms with Crippen molar-refractivity contribution in [3.05, 3.63) is 75.8 Å². The first kappa shape index (κ1) is 20.7. The van der Waals surface area contributed by atoms with Gasteiger partial charge in [-0.15, -0.1) is 11.3 Å². The van der Waals surface area contributed by atoms with E-state index in [2.05, 4.69) is 10.3 Å². The number of fused-ring (bicyclic) bond motifs is 1. The molecule has 1 heterocycles. The van der Waals surface area contributed by atoms with Crippen LogP contribution in [0.5, 0.6) is 5.75 Å². The van der Waals surface area contributed by atoms with Crippen LogP contribution in [0.4, 0.5) is 5.69 Å². The average molecular weight is 457 g/mol. The Morgan fingerprint density at radius 2 is 1.77 bits per heavy atom. The molecule has 0 unspecified atom stereocenters. The second kappa shape index (κ2) is 8.64. The second-order valence-corrected chi connectivity index (χ2v) is 8.80. The predicted molar refractivity (Wildman–Crippen MR) is 125 cm³/mol. The van der Waals surface area contributed by atoms with E-state index < -0.39 is 0 Å². The number of para-hydroxylation sites is 1. The lowest BCUT2D eigenvalue weighted by Gasteiger charge is -2.12. The number of aromatic nitrogens is 1. The molecule has 0 radical (unpaired) electrons. The standard InChI is InChI=1S/C23H18Cl2N2O2S/c1-13-7-14(2)9-15(8-13)29-12-22(28)26-20-10-16(17(24)11-18(20)25)23-27-19-5-3-4-6-21(19)30-23/h3-11H,12H2,1-2H3,(H,26,28). The Morgan fingerprint density at radius 3 is 2.50 bits per heavy atom. The van der Waals surface area contributed by atoms with E-state index >= 15 is 0 Å². The van der Waals surface area contributed by atoms with Gasteiger partial charge in [-0.3, -0.25) is 4.79 Å². The zero-order valence-corrected chi connectivity index (χ0v) is 18.7. The molecule has 3 aromatic carbocycles. The van der Waals surface area contributed by atoms with Crippen LogP contribution < -0.4 is 10.1 Å². The Morgan fingerprint density at radius 1 is 1.03 bits per heavy atom. The van der Waals surface area contributed by atoms with Gasteiger partial charge >= 0.3 is 0 Å². The summed E-state index contributed by atoms with van der Waals surface area (Å²) in [6.07, 6.45) is 0. The third kappa shape index (κ3) is 4.59. The van der Waals surface area contributed by atoms with Gasteiger partial charge in [0.15, 0.2) is 6.61 Å². The quantitative estimate of drug-likeness (QED) is 0.355. The highest BCUT2D eigenvalue weighted by Gasteiger charge is 2.15. The number of nitrogens with zero attached hydrogens (tertiary/aromatic N) is 1. The normalized spacial score (nSPS) is 10.9. The van der Waals surface area contributed by atoms with Gasteiger partial charge in [0, 0.05) is 5.56 Å². The molecular weight excluding hydrogens is 439 g/mol. The van der Waals surface area contributed by atoms with Gasteiger partial charge < -0.3 is 10.1 Å². The molecule has 4 rings (SSSR count). The van der Waals surface area contributed by atoms with Crippen LogP contribution in [0.15, 0.2) is 54.6 Å². The summed E-state index contributed by atoms with van der Waals surface area (Å²) >= 11 is 14.3. The first-order chi connectivity index (χ1) is 14.4. The maximum Gasteiger partial charge on any atom is 0.262 e. The van der Waals surface area contributed by atoms with Crippen molar-refractivity contribution in [1.29, 1.82) is 0 Å². The number of thiazole rings is 1. The summed E-state index contributed by atoms with van der Waals surface area (Å²) in [6.45, 7) is 3.84. The number of rotatable bonds is 5. The van der Waals surface area contributed by atoms with Crippen molar-refractivity contribution in [2.24, 2.45) is 0 Å². The van der Waals surface area contributed by atoms with Crippen LogP contribution in [0, 0.1) is 13.8 Å². The largest absolute Gasteiger partial charge is 0.484 e. The molecule has 1 aromatic heterocycles. The van der Waals surface area contributed by atoms with E-state index in [1.54, 1.807) is 12.1 Å². The number of halogens is 2. The van der Waals surface area contributed by atoms with E-state index in [1.165, 1.54) is 11.3 Å². The molecule has 0 saturated carbocycles. The van der Waals surface area contributed by atoms with Crippen LogP contribution in [0.25, 0.3) is 20.8 Å². The fourth-order valence-electron chi connectivity index (χ4n) is 3.15. The van der Waals surface area contributed by atoms with Gasteiger partial charge in [0.25, 0.3) is 5.91 Å². The van der Waals surface area contributed by atoms with Crippen LogP contribution in [-0.4, -0.2) is 17.5 Å². The molecule has 4 aromatic rings. The number of amides is 1. The Kier molecular flexibility index (Phi) is 5.95. The zero-order valence-electron chi connectivity index (χ0n) is 16.3. The molecule has 1 amide bonds. The van der Waals surface area contributed by atoms with Gasteiger partial charge in [-0.05, 0) is 61.4 Å². The predicted octanol–water partition coefficient (Wildman–Crippen LogP) is 6.90. The van der Waals surface area contributed by atoms with Crippen molar-refractivity contribution in [2.45, 2.75) is 13.8 Å². The summed E-state index contributed by atoms with van der Waals surface area (Å²) in [5, 5.41) is 4.39. The molecule has 0 aliphatic rings. The third-order valence-corrected chi connectivity index (χ3v) is 6.12. The number of carbonyl (C=O) groups excluding carboxylic acids is 1. The topological polar surface area (TPSA) is 51.2 Å². The van der Waals surface area contributed by atoms with E-state index in [0.717, 1.165) is 26.4 Å². The van der Waals surface area contributed by atoms with Crippen molar-refractivity contribution in [3.8, 4) is 16.3 Å². The van der Waals surface area contributed by atoms with E-state index in [0.29, 0.717) is 27.0 Å². The number of hydrogen-bond donors (Lipinski definition) is 1. The first-order valence-corrected chi connectivity index (χ1v) is 10.8. The number of aryl methyl sites for hydroxylation is 2. The fourth-order valence-corrected chi connectivity index (χ4v) is 4.72. The Hall–Kier alpha value is -2.60. The number of ether oxygens (including phenoxy) is 1. The van der Waals surface area contributed by atoms with Gasteiger partial charge in [0.2, 0.25) is 0 Å². The smallest absolute Gasteiger partial charge is 0.262 e. The summed E-state index contributed by atoms with van der Waals surface area (Å²) in [4.78, 5) is 17.1. The molecule has 4 nitrogen and oxygen atoms in total. The minimum absolute atomic E-state index is 0.127. The number of anilines is 1. The molecule has 0 atom stereocenters. The van der Waals surface area contributed by atoms with Gasteiger partial charge in [-0.25, -0.2) is 4.98 Å². The highest BCUT2D eigenvalue weighted by molar-refractivity contribution is 7.21. The molecular formula is C23H18Cl2N2O2S. The Labute approximate surface area is 188 Å². The summed E-state index contributed by atoms with van der Waals surface area (Å²) in [6, 6.07) is 17.1. The molecule has 0 bridgehead atoms. The van der Waals surface area contributed by atoms with Crippen LogP contribution in [-0.2, 0) is 4.79 Å². The molecule has 0 saturated heterocycles. The molecule has 0 aliphatic carbocycles. The molecule has 0 aliphatic heterocycles.